The van der Waals surface area contributed by atoms with Crippen LogP contribution in [0.1, 0.15) is 32.1 Å². The van der Waals surface area contributed by atoms with Crippen LogP contribution in [0.2, 0.25) is 5.02 Å². The third-order valence-electron chi connectivity index (χ3n) is 5.96. The average molecular weight is 362 g/mol. The number of anilines is 1. The van der Waals surface area contributed by atoms with Crippen molar-refractivity contribution in [2.24, 2.45) is 5.92 Å². The fourth-order valence-electron chi connectivity index (χ4n) is 4.59. The van der Waals surface area contributed by atoms with Gasteiger partial charge in [-0.1, -0.05) is 23.7 Å². The number of hydrogen-bond donors (Lipinski definition) is 1. The lowest BCUT2D eigenvalue weighted by Gasteiger charge is -2.36. The number of carbonyl (C=O) groups is 2. The molecule has 2 bridgehead atoms. The highest BCUT2D eigenvalue weighted by Gasteiger charge is 2.41. The molecular weight excluding hydrogens is 338 g/mol. The van der Waals surface area contributed by atoms with Crippen molar-refractivity contribution in [1.82, 2.24) is 10.2 Å². The van der Waals surface area contributed by atoms with Gasteiger partial charge in [0.1, 0.15) is 0 Å². The number of rotatable bonds is 3. The van der Waals surface area contributed by atoms with Gasteiger partial charge in [0.25, 0.3) is 0 Å². The Kier molecular flexibility index (Phi) is 4.46. The molecule has 0 saturated carbocycles. The number of piperidine rings is 1. The van der Waals surface area contributed by atoms with E-state index in [1.54, 1.807) is 11.0 Å². The van der Waals surface area contributed by atoms with Crippen LogP contribution in [0.5, 0.6) is 0 Å². The summed E-state index contributed by atoms with van der Waals surface area (Å²) in [4.78, 5) is 29.0. The van der Waals surface area contributed by atoms with Gasteiger partial charge in [0.05, 0.1) is 16.6 Å². The quantitative estimate of drug-likeness (QED) is 0.899. The molecule has 4 rings (SSSR count). The maximum atomic E-state index is 13.0. The van der Waals surface area contributed by atoms with Crippen molar-refractivity contribution in [3.63, 3.8) is 0 Å². The van der Waals surface area contributed by atoms with E-state index in [4.69, 9.17) is 11.6 Å². The molecule has 2 amide bonds. The minimum Gasteiger partial charge on any atom is -0.342 e. The highest BCUT2D eigenvalue weighted by Crippen LogP contribution is 2.33. The summed E-state index contributed by atoms with van der Waals surface area (Å²) in [7, 11) is 1.90. The van der Waals surface area contributed by atoms with E-state index in [1.807, 2.05) is 30.1 Å². The lowest BCUT2D eigenvalue weighted by atomic mass is 9.97. The second-order valence-electron chi connectivity index (χ2n) is 7.57. The number of carbonyl (C=O) groups excluding carboxylic acids is 2. The van der Waals surface area contributed by atoms with Crippen LogP contribution in [0, 0.1) is 5.92 Å². The van der Waals surface area contributed by atoms with Crippen LogP contribution >= 0.6 is 11.6 Å². The van der Waals surface area contributed by atoms with Crippen LogP contribution in [0.15, 0.2) is 24.3 Å². The second kappa shape index (κ2) is 6.61. The molecule has 25 heavy (non-hydrogen) atoms. The largest absolute Gasteiger partial charge is 0.342 e. The summed E-state index contributed by atoms with van der Waals surface area (Å²) in [6, 6.07) is 8.69. The molecule has 3 heterocycles. The number of amides is 2. The Morgan fingerprint density at radius 1 is 1.24 bits per heavy atom. The van der Waals surface area contributed by atoms with Gasteiger partial charge in [0, 0.05) is 38.1 Å². The Morgan fingerprint density at radius 2 is 1.92 bits per heavy atom. The molecule has 3 saturated heterocycles. The average Bonchev–Trinajstić information content (AvgIpc) is 3.16. The number of nitrogens with zero attached hydrogens (tertiary/aromatic N) is 2. The minimum atomic E-state index is -0.277. The maximum Gasteiger partial charge on any atom is 0.228 e. The van der Waals surface area contributed by atoms with Crippen LogP contribution in [-0.4, -0.2) is 48.4 Å². The number of para-hydroxylation sites is 1. The van der Waals surface area contributed by atoms with Crippen LogP contribution in [0.3, 0.4) is 0 Å². The molecule has 3 unspecified atom stereocenters. The second-order valence-corrected chi connectivity index (χ2v) is 7.98. The molecule has 0 aliphatic carbocycles. The minimum absolute atomic E-state index is 0.0229. The lowest BCUT2D eigenvalue weighted by molar-refractivity contribution is -0.137. The number of hydrogen-bond acceptors (Lipinski definition) is 3. The molecule has 0 spiro atoms. The van der Waals surface area contributed by atoms with Crippen molar-refractivity contribution in [2.75, 3.05) is 18.5 Å². The third kappa shape index (κ3) is 3.15. The summed E-state index contributed by atoms with van der Waals surface area (Å²) >= 11 is 6.22. The standard InChI is InChI=1S/C19H24ClN3O2/c1-22(15-9-13-6-7-14(10-15)21-13)19(25)12-8-18(24)23(11-12)17-5-3-2-4-16(17)20/h2-5,12-15,21H,6-11H2,1H3. The summed E-state index contributed by atoms with van der Waals surface area (Å²) in [6.45, 7) is 0.420. The van der Waals surface area contributed by atoms with Crippen molar-refractivity contribution in [2.45, 2.75) is 50.2 Å². The zero-order chi connectivity index (χ0) is 17.6. The molecule has 0 radical (unpaired) electrons. The Labute approximate surface area is 153 Å². The van der Waals surface area contributed by atoms with E-state index < -0.39 is 0 Å². The number of halogens is 1. The van der Waals surface area contributed by atoms with Gasteiger partial charge in [-0.15, -0.1) is 0 Å². The number of nitrogens with one attached hydrogen (secondary N) is 1. The van der Waals surface area contributed by atoms with E-state index in [9.17, 15) is 9.59 Å². The Hall–Kier alpha value is -1.59. The molecule has 5 nitrogen and oxygen atoms in total. The van der Waals surface area contributed by atoms with E-state index in [2.05, 4.69) is 5.32 Å². The molecule has 6 heteroatoms. The van der Waals surface area contributed by atoms with E-state index in [-0.39, 0.29) is 30.2 Å². The Balaban J connectivity index is 1.44. The highest BCUT2D eigenvalue weighted by atomic mass is 35.5. The van der Waals surface area contributed by atoms with Gasteiger partial charge in [-0.25, -0.2) is 0 Å². The topological polar surface area (TPSA) is 52.7 Å². The van der Waals surface area contributed by atoms with Crippen molar-refractivity contribution in [3.05, 3.63) is 29.3 Å². The molecule has 0 aromatic heterocycles. The molecular formula is C19H24ClN3O2. The first-order chi connectivity index (χ1) is 12.0. The molecule has 1 aromatic carbocycles. The van der Waals surface area contributed by atoms with Gasteiger partial charge >= 0.3 is 0 Å². The summed E-state index contributed by atoms with van der Waals surface area (Å²) in [6.07, 6.45) is 4.74. The highest BCUT2D eigenvalue weighted by molar-refractivity contribution is 6.33. The van der Waals surface area contributed by atoms with E-state index >= 15 is 0 Å². The fraction of sp³-hybridized carbons (Fsp3) is 0.579. The SMILES string of the molecule is CN(C(=O)C1CC(=O)N(c2ccccc2Cl)C1)C1CC2CCC(C1)N2. The first-order valence-corrected chi connectivity index (χ1v) is 9.48. The normalized spacial score (nSPS) is 31.4. The summed E-state index contributed by atoms with van der Waals surface area (Å²) in [5, 5.41) is 4.16. The maximum absolute atomic E-state index is 13.0. The van der Waals surface area contributed by atoms with Crippen molar-refractivity contribution >= 4 is 29.1 Å². The van der Waals surface area contributed by atoms with Gasteiger partial charge in [0.2, 0.25) is 11.8 Å². The molecule has 1 N–H and O–H groups in total. The Morgan fingerprint density at radius 3 is 2.60 bits per heavy atom. The van der Waals surface area contributed by atoms with Gasteiger partial charge in [-0.2, -0.15) is 0 Å². The van der Waals surface area contributed by atoms with Crippen LogP contribution in [-0.2, 0) is 9.59 Å². The smallest absolute Gasteiger partial charge is 0.228 e. The molecule has 3 aliphatic rings. The predicted octanol–water partition coefficient (Wildman–Crippen LogP) is 2.43. The number of benzene rings is 1. The van der Waals surface area contributed by atoms with Crippen LogP contribution < -0.4 is 10.2 Å². The van der Waals surface area contributed by atoms with Crippen molar-refractivity contribution < 1.29 is 9.59 Å². The fourth-order valence-corrected chi connectivity index (χ4v) is 4.83. The summed E-state index contributed by atoms with van der Waals surface area (Å²) in [5.41, 5.74) is 0.701. The zero-order valence-corrected chi connectivity index (χ0v) is 15.2. The molecule has 3 aliphatic heterocycles. The molecule has 134 valence electrons. The van der Waals surface area contributed by atoms with Gasteiger partial charge in [0.15, 0.2) is 0 Å². The first kappa shape index (κ1) is 16.9. The van der Waals surface area contributed by atoms with E-state index in [1.165, 1.54) is 12.8 Å². The van der Waals surface area contributed by atoms with Crippen LogP contribution in [0.25, 0.3) is 0 Å². The molecule has 3 atom stereocenters. The molecule has 1 aromatic rings. The van der Waals surface area contributed by atoms with Crippen molar-refractivity contribution in [1.29, 1.82) is 0 Å². The number of fused-ring (bicyclic) bond motifs is 2. The first-order valence-electron chi connectivity index (χ1n) is 9.10. The molecule has 3 fully saturated rings. The Bertz CT molecular complexity index is 683. The third-order valence-corrected chi connectivity index (χ3v) is 6.28. The summed E-state index contributed by atoms with van der Waals surface area (Å²) < 4.78 is 0. The van der Waals surface area contributed by atoms with Gasteiger partial charge in [-0.05, 0) is 37.8 Å². The van der Waals surface area contributed by atoms with Gasteiger partial charge < -0.3 is 15.1 Å². The van der Waals surface area contributed by atoms with E-state index in [0.717, 1.165) is 12.8 Å². The summed E-state index contributed by atoms with van der Waals surface area (Å²) in [5.74, 6) is -0.208. The lowest BCUT2D eigenvalue weighted by Crippen LogP contribution is -2.50. The van der Waals surface area contributed by atoms with Crippen LogP contribution in [0.4, 0.5) is 5.69 Å². The van der Waals surface area contributed by atoms with Gasteiger partial charge in [-0.3, -0.25) is 9.59 Å². The zero-order valence-electron chi connectivity index (χ0n) is 14.5. The predicted molar refractivity (Wildman–Crippen MR) is 97.6 cm³/mol. The monoisotopic (exact) mass is 361 g/mol. The van der Waals surface area contributed by atoms with Crippen molar-refractivity contribution in [3.8, 4) is 0 Å². The van der Waals surface area contributed by atoms with E-state index in [0.29, 0.717) is 29.3 Å².